The molecular formula is C22H29N5O2. The van der Waals surface area contributed by atoms with Gasteiger partial charge in [-0.1, -0.05) is 12.1 Å². The Morgan fingerprint density at radius 2 is 2.03 bits per heavy atom. The van der Waals surface area contributed by atoms with Crippen molar-refractivity contribution in [3.05, 3.63) is 60.6 Å². The molecule has 0 bridgehead atoms. The Labute approximate surface area is 171 Å². The van der Waals surface area contributed by atoms with Gasteiger partial charge in [-0.05, 0) is 38.1 Å². The summed E-state index contributed by atoms with van der Waals surface area (Å²) in [7, 11) is 1.65. The molecule has 0 aliphatic carbocycles. The number of benzene rings is 1. The van der Waals surface area contributed by atoms with Crippen molar-refractivity contribution >= 4 is 11.6 Å². The SMILES string of the molecule is CCNC(=NCC(C)Oc1cccc(OC)c1)NCCc1cn2ccccc2n1. The van der Waals surface area contributed by atoms with Crippen LogP contribution in [0.15, 0.2) is 59.9 Å². The molecule has 0 radical (unpaired) electrons. The summed E-state index contributed by atoms with van der Waals surface area (Å²) in [4.78, 5) is 9.26. The van der Waals surface area contributed by atoms with Crippen LogP contribution in [0, 0.1) is 0 Å². The van der Waals surface area contributed by atoms with Gasteiger partial charge < -0.3 is 24.5 Å². The zero-order valence-corrected chi connectivity index (χ0v) is 17.3. The van der Waals surface area contributed by atoms with Crippen LogP contribution in [0.25, 0.3) is 5.65 Å². The molecule has 0 fully saturated rings. The summed E-state index contributed by atoms with van der Waals surface area (Å²) in [6.45, 7) is 6.14. The van der Waals surface area contributed by atoms with E-state index in [2.05, 4.69) is 33.7 Å². The molecule has 0 saturated carbocycles. The summed E-state index contributed by atoms with van der Waals surface area (Å²) >= 11 is 0. The second kappa shape index (κ2) is 10.4. The fraction of sp³-hybridized carbons (Fsp3) is 0.364. The van der Waals surface area contributed by atoms with E-state index in [1.165, 1.54) is 0 Å². The molecule has 7 nitrogen and oxygen atoms in total. The smallest absolute Gasteiger partial charge is 0.191 e. The first-order valence-corrected chi connectivity index (χ1v) is 9.93. The molecule has 1 atom stereocenters. The van der Waals surface area contributed by atoms with Crippen molar-refractivity contribution < 1.29 is 9.47 Å². The number of hydrogen-bond acceptors (Lipinski definition) is 4. The third kappa shape index (κ3) is 6.14. The van der Waals surface area contributed by atoms with Crippen molar-refractivity contribution in [3.8, 4) is 11.5 Å². The van der Waals surface area contributed by atoms with E-state index in [1.54, 1.807) is 7.11 Å². The van der Waals surface area contributed by atoms with Crippen molar-refractivity contribution in [3.63, 3.8) is 0 Å². The Hall–Kier alpha value is -3.22. The normalized spacial score (nSPS) is 12.6. The maximum atomic E-state index is 5.94. The van der Waals surface area contributed by atoms with Gasteiger partial charge >= 0.3 is 0 Å². The first-order chi connectivity index (χ1) is 14.2. The lowest BCUT2D eigenvalue weighted by atomic mass is 10.3. The molecule has 2 heterocycles. The second-order valence-electron chi connectivity index (χ2n) is 6.70. The third-order valence-electron chi connectivity index (χ3n) is 4.32. The van der Waals surface area contributed by atoms with Crippen LogP contribution in [0.2, 0.25) is 0 Å². The zero-order chi connectivity index (χ0) is 20.5. The Morgan fingerprint density at radius 1 is 1.17 bits per heavy atom. The van der Waals surface area contributed by atoms with E-state index in [4.69, 9.17) is 9.47 Å². The van der Waals surface area contributed by atoms with E-state index in [1.807, 2.05) is 60.0 Å². The van der Waals surface area contributed by atoms with Gasteiger partial charge in [0.15, 0.2) is 5.96 Å². The largest absolute Gasteiger partial charge is 0.497 e. The zero-order valence-electron chi connectivity index (χ0n) is 17.3. The molecule has 154 valence electrons. The number of aromatic nitrogens is 2. The summed E-state index contributed by atoms with van der Waals surface area (Å²) < 4.78 is 13.2. The first-order valence-electron chi connectivity index (χ1n) is 9.93. The van der Waals surface area contributed by atoms with E-state index in [-0.39, 0.29) is 6.10 Å². The second-order valence-corrected chi connectivity index (χ2v) is 6.70. The molecule has 29 heavy (non-hydrogen) atoms. The average Bonchev–Trinajstić information content (AvgIpc) is 3.15. The van der Waals surface area contributed by atoms with Gasteiger partial charge in [0, 0.05) is 38.0 Å². The summed E-state index contributed by atoms with van der Waals surface area (Å²) in [6.07, 6.45) is 4.83. The molecule has 2 N–H and O–H groups in total. The number of fused-ring (bicyclic) bond motifs is 1. The topological polar surface area (TPSA) is 72.2 Å². The fourth-order valence-electron chi connectivity index (χ4n) is 2.92. The van der Waals surface area contributed by atoms with Crippen LogP contribution in [-0.2, 0) is 6.42 Å². The predicted molar refractivity (Wildman–Crippen MR) is 116 cm³/mol. The number of methoxy groups -OCH3 is 1. The van der Waals surface area contributed by atoms with E-state index >= 15 is 0 Å². The number of nitrogens with zero attached hydrogens (tertiary/aromatic N) is 3. The molecular weight excluding hydrogens is 366 g/mol. The highest BCUT2D eigenvalue weighted by Gasteiger charge is 2.06. The Morgan fingerprint density at radius 3 is 2.83 bits per heavy atom. The van der Waals surface area contributed by atoms with Crippen LogP contribution < -0.4 is 20.1 Å². The highest BCUT2D eigenvalue weighted by atomic mass is 16.5. The standard InChI is InChI=1S/C22H29N5O2/c1-4-23-22(24-12-11-18-16-27-13-6-5-10-21(27)26-18)25-15-17(2)29-20-9-7-8-19(14-20)28-3/h5-10,13-14,16-17H,4,11-12,15H2,1-3H3,(H2,23,24,25). The molecule has 1 unspecified atom stereocenters. The van der Waals surface area contributed by atoms with Gasteiger partial charge in [0.25, 0.3) is 0 Å². The minimum absolute atomic E-state index is 0.0593. The van der Waals surface area contributed by atoms with Gasteiger partial charge in [-0.25, -0.2) is 9.98 Å². The van der Waals surface area contributed by atoms with Crippen LogP contribution >= 0.6 is 0 Å². The Bertz CT molecular complexity index is 905. The summed E-state index contributed by atoms with van der Waals surface area (Å²) in [5, 5.41) is 6.64. The summed E-state index contributed by atoms with van der Waals surface area (Å²) in [6, 6.07) is 13.6. The van der Waals surface area contributed by atoms with Crippen LogP contribution in [-0.4, -0.2) is 48.2 Å². The molecule has 0 aliphatic heterocycles. The molecule has 0 aliphatic rings. The maximum absolute atomic E-state index is 5.94. The lowest BCUT2D eigenvalue weighted by Crippen LogP contribution is -2.39. The van der Waals surface area contributed by atoms with Gasteiger partial charge in [-0.2, -0.15) is 0 Å². The van der Waals surface area contributed by atoms with Crippen molar-refractivity contribution in [2.45, 2.75) is 26.4 Å². The number of hydrogen-bond donors (Lipinski definition) is 2. The van der Waals surface area contributed by atoms with Crippen LogP contribution in [0.3, 0.4) is 0 Å². The number of pyridine rings is 1. The quantitative estimate of drug-likeness (QED) is 0.431. The molecule has 7 heteroatoms. The van der Waals surface area contributed by atoms with Crippen LogP contribution in [0.1, 0.15) is 19.5 Å². The lowest BCUT2D eigenvalue weighted by Gasteiger charge is -2.15. The number of guanidine groups is 1. The molecule has 0 saturated heterocycles. The highest BCUT2D eigenvalue weighted by molar-refractivity contribution is 5.79. The number of imidazole rings is 1. The van der Waals surface area contributed by atoms with Gasteiger partial charge in [0.2, 0.25) is 0 Å². The average molecular weight is 396 g/mol. The predicted octanol–water partition coefficient (Wildman–Crippen LogP) is 2.91. The van der Waals surface area contributed by atoms with Crippen molar-refractivity contribution in [2.75, 3.05) is 26.7 Å². The summed E-state index contributed by atoms with van der Waals surface area (Å²) in [5.74, 6) is 2.33. The molecule has 1 aromatic carbocycles. The minimum atomic E-state index is -0.0593. The van der Waals surface area contributed by atoms with E-state index in [0.29, 0.717) is 6.54 Å². The monoisotopic (exact) mass is 395 g/mol. The molecule has 3 aromatic rings. The van der Waals surface area contributed by atoms with Crippen molar-refractivity contribution in [1.29, 1.82) is 0 Å². The van der Waals surface area contributed by atoms with Gasteiger partial charge in [0.1, 0.15) is 23.3 Å². The minimum Gasteiger partial charge on any atom is -0.497 e. The van der Waals surface area contributed by atoms with E-state index in [0.717, 1.165) is 48.3 Å². The molecule has 0 amide bonds. The molecule has 3 rings (SSSR count). The lowest BCUT2D eigenvalue weighted by molar-refractivity contribution is 0.229. The molecule has 0 spiro atoms. The molecule has 2 aromatic heterocycles. The van der Waals surface area contributed by atoms with E-state index in [9.17, 15) is 0 Å². The van der Waals surface area contributed by atoms with Crippen molar-refractivity contribution in [1.82, 2.24) is 20.0 Å². The number of nitrogens with one attached hydrogen (secondary N) is 2. The highest BCUT2D eigenvalue weighted by Crippen LogP contribution is 2.19. The summed E-state index contributed by atoms with van der Waals surface area (Å²) in [5.41, 5.74) is 2.01. The van der Waals surface area contributed by atoms with E-state index < -0.39 is 0 Å². The third-order valence-corrected chi connectivity index (χ3v) is 4.32. The maximum Gasteiger partial charge on any atom is 0.191 e. The van der Waals surface area contributed by atoms with Gasteiger partial charge in [-0.3, -0.25) is 0 Å². The Kier molecular flexibility index (Phi) is 7.33. The number of rotatable bonds is 9. The van der Waals surface area contributed by atoms with Crippen molar-refractivity contribution in [2.24, 2.45) is 4.99 Å². The number of aliphatic imine (C=N–C) groups is 1. The van der Waals surface area contributed by atoms with Gasteiger partial charge in [-0.15, -0.1) is 0 Å². The van der Waals surface area contributed by atoms with Gasteiger partial charge in [0.05, 0.1) is 19.3 Å². The first kappa shape index (κ1) is 20.5. The Balaban J connectivity index is 1.50. The van der Waals surface area contributed by atoms with Crippen LogP contribution in [0.5, 0.6) is 11.5 Å². The van der Waals surface area contributed by atoms with Crippen LogP contribution in [0.4, 0.5) is 0 Å². The number of ether oxygens (including phenoxy) is 2. The fourth-order valence-corrected chi connectivity index (χ4v) is 2.92.